The van der Waals surface area contributed by atoms with Crippen LogP contribution in [-0.2, 0) is 14.3 Å². The third-order valence-electron chi connectivity index (χ3n) is 1.45. The molecular formula is C9H17NO4. The predicted octanol–water partition coefficient (Wildman–Crippen LogP) is 0.884. The Labute approximate surface area is 84.0 Å². The molecule has 0 saturated heterocycles. The highest BCUT2D eigenvalue weighted by molar-refractivity contribution is 5.77. The van der Waals surface area contributed by atoms with E-state index in [1.807, 2.05) is 13.8 Å². The summed E-state index contributed by atoms with van der Waals surface area (Å²) < 4.78 is 9.30. The minimum Gasteiger partial charge on any atom is -0.468 e. The Hall–Kier alpha value is -1.26. The summed E-state index contributed by atoms with van der Waals surface area (Å²) >= 11 is 0. The number of ether oxygens (including phenoxy) is 2. The van der Waals surface area contributed by atoms with E-state index in [1.54, 1.807) is 0 Å². The average Bonchev–Trinajstić information content (AvgIpc) is 2.13. The van der Waals surface area contributed by atoms with Crippen molar-refractivity contribution in [3.05, 3.63) is 0 Å². The van der Waals surface area contributed by atoms with Gasteiger partial charge >= 0.3 is 12.1 Å². The molecule has 0 N–H and O–H groups in total. The largest absolute Gasteiger partial charge is 0.468 e. The molecule has 1 amide bonds. The highest BCUT2D eigenvalue weighted by Gasteiger charge is 2.14. The first kappa shape index (κ1) is 12.7. The minimum absolute atomic E-state index is 0.0899. The maximum Gasteiger partial charge on any atom is 0.410 e. The fourth-order valence-electron chi connectivity index (χ4n) is 0.671. The molecule has 0 atom stereocenters. The lowest BCUT2D eigenvalue weighted by molar-refractivity contribution is -0.141. The lowest BCUT2D eigenvalue weighted by Gasteiger charge is -2.16. The quantitative estimate of drug-likeness (QED) is 0.636. The fraction of sp³-hybridized carbons (Fsp3) is 0.778. The molecule has 0 unspecified atom stereocenters. The number of methoxy groups -OCH3 is 1. The van der Waals surface area contributed by atoms with E-state index in [-0.39, 0.29) is 12.5 Å². The van der Waals surface area contributed by atoms with Crippen LogP contribution in [0.3, 0.4) is 0 Å². The summed E-state index contributed by atoms with van der Waals surface area (Å²) in [7, 11) is 2.76. The van der Waals surface area contributed by atoms with Crippen molar-refractivity contribution in [3.8, 4) is 0 Å². The minimum atomic E-state index is -0.510. The summed E-state index contributed by atoms with van der Waals surface area (Å²) in [6.07, 6.45) is -0.510. The number of carbonyl (C=O) groups excluding carboxylic acids is 2. The maximum absolute atomic E-state index is 11.2. The first-order valence-electron chi connectivity index (χ1n) is 4.42. The molecular weight excluding hydrogens is 186 g/mol. The Morgan fingerprint density at radius 1 is 1.36 bits per heavy atom. The van der Waals surface area contributed by atoms with Crippen LogP contribution in [0.5, 0.6) is 0 Å². The molecule has 0 aromatic rings. The molecule has 0 aliphatic carbocycles. The van der Waals surface area contributed by atoms with Crippen LogP contribution in [0.15, 0.2) is 0 Å². The summed E-state index contributed by atoms with van der Waals surface area (Å²) in [5, 5.41) is 0. The summed E-state index contributed by atoms with van der Waals surface area (Å²) in [5.74, 6) is -0.181. The van der Waals surface area contributed by atoms with Crippen LogP contribution in [0, 0.1) is 5.92 Å². The topological polar surface area (TPSA) is 55.8 Å². The van der Waals surface area contributed by atoms with Crippen LogP contribution >= 0.6 is 0 Å². The molecule has 0 rings (SSSR count). The van der Waals surface area contributed by atoms with Gasteiger partial charge in [0.05, 0.1) is 13.7 Å². The Kier molecular flexibility index (Phi) is 5.67. The van der Waals surface area contributed by atoms with Gasteiger partial charge in [-0.25, -0.2) is 4.79 Å². The number of carbonyl (C=O) groups is 2. The summed E-state index contributed by atoms with van der Waals surface area (Å²) in [4.78, 5) is 23.2. The first-order chi connectivity index (χ1) is 6.47. The Morgan fingerprint density at radius 2 is 1.93 bits per heavy atom. The van der Waals surface area contributed by atoms with Crippen molar-refractivity contribution in [2.24, 2.45) is 5.92 Å². The molecule has 0 aliphatic rings. The molecule has 0 aromatic carbocycles. The normalized spacial score (nSPS) is 9.79. The molecule has 82 valence electrons. The average molecular weight is 203 g/mol. The molecule has 5 heteroatoms. The van der Waals surface area contributed by atoms with Crippen molar-refractivity contribution < 1.29 is 19.1 Å². The van der Waals surface area contributed by atoms with E-state index < -0.39 is 12.1 Å². The van der Waals surface area contributed by atoms with Crippen molar-refractivity contribution in [2.75, 3.05) is 27.3 Å². The lowest BCUT2D eigenvalue weighted by atomic mass is 10.2. The molecule has 5 nitrogen and oxygen atoms in total. The standard InChI is InChI=1S/C9H17NO4/c1-7(2)6-14-9(12)10(3)5-8(11)13-4/h7H,5-6H2,1-4H3. The first-order valence-corrected chi connectivity index (χ1v) is 4.42. The van der Waals surface area contributed by atoms with Crippen molar-refractivity contribution in [3.63, 3.8) is 0 Å². The van der Waals surface area contributed by atoms with Crippen LogP contribution in [0.4, 0.5) is 4.79 Å². The van der Waals surface area contributed by atoms with E-state index >= 15 is 0 Å². The second kappa shape index (κ2) is 6.23. The number of hydrogen-bond donors (Lipinski definition) is 0. The van der Waals surface area contributed by atoms with E-state index in [2.05, 4.69) is 4.74 Å². The van der Waals surface area contributed by atoms with Gasteiger partial charge in [-0.3, -0.25) is 4.79 Å². The molecule has 0 saturated carbocycles. The van der Waals surface area contributed by atoms with Gasteiger partial charge in [-0.1, -0.05) is 13.8 Å². The molecule has 0 spiro atoms. The highest BCUT2D eigenvalue weighted by Crippen LogP contribution is 1.96. The molecule has 0 fully saturated rings. The van der Waals surface area contributed by atoms with E-state index in [9.17, 15) is 9.59 Å². The van der Waals surface area contributed by atoms with Crippen LogP contribution in [0.2, 0.25) is 0 Å². The van der Waals surface area contributed by atoms with E-state index in [4.69, 9.17) is 4.74 Å². The highest BCUT2D eigenvalue weighted by atomic mass is 16.6. The van der Waals surface area contributed by atoms with Gasteiger partial charge in [0.25, 0.3) is 0 Å². The van der Waals surface area contributed by atoms with Crippen LogP contribution in [0.25, 0.3) is 0 Å². The zero-order chi connectivity index (χ0) is 11.1. The van der Waals surface area contributed by atoms with E-state index in [1.165, 1.54) is 19.1 Å². The van der Waals surface area contributed by atoms with Gasteiger partial charge in [-0.15, -0.1) is 0 Å². The van der Waals surface area contributed by atoms with E-state index in [0.29, 0.717) is 6.61 Å². The molecule has 0 bridgehead atoms. The zero-order valence-electron chi connectivity index (χ0n) is 9.07. The van der Waals surface area contributed by atoms with Crippen LogP contribution in [0.1, 0.15) is 13.8 Å². The van der Waals surface area contributed by atoms with Crippen LogP contribution < -0.4 is 0 Å². The summed E-state index contributed by atoms with van der Waals surface area (Å²) in [6.45, 7) is 4.14. The smallest absolute Gasteiger partial charge is 0.410 e. The number of amides is 1. The van der Waals surface area contributed by atoms with Gasteiger partial charge in [-0.2, -0.15) is 0 Å². The summed E-state index contributed by atoms with van der Waals surface area (Å²) in [6, 6.07) is 0. The maximum atomic E-state index is 11.2. The second-order valence-corrected chi connectivity index (χ2v) is 3.40. The molecule has 14 heavy (non-hydrogen) atoms. The summed E-state index contributed by atoms with van der Waals surface area (Å²) in [5.41, 5.74) is 0. The van der Waals surface area contributed by atoms with Gasteiger partial charge in [-0.05, 0) is 5.92 Å². The predicted molar refractivity (Wildman–Crippen MR) is 50.8 cm³/mol. The monoisotopic (exact) mass is 203 g/mol. The van der Waals surface area contributed by atoms with Crippen molar-refractivity contribution in [1.82, 2.24) is 4.90 Å². The Bertz CT molecular complexity index is 203. The number of rotatable bonds is 4. The SMILES string of the molecule is COC(=O)CN(C)C(=O)OCC(C)C. The molecule has 0 heterocycles. The van der Waals surface area contributed by atoms with Crippen molar-refractivity contribution >= 4 is 12.1 Å². The van der Waals surface area contributed by atoms with E-state index in [0.717, 1.165) is 0 Å². The van der Waals surface area contributed by atoms with Gasteiger partial charge in [0.1, 0.15) is 6.54 Å². The molecule has 0 aliphatic heterocycles. The Morgan fingerprint density at radius 3 is 2.36 bits per heavy atom. The number of esters is 1. The lowest BCUT2D eigenvalue weighted by Crippen LogP contribution is -2.33. The number of hydrogen-bond acceptors (Lipinski definition) is 4. The molecule has 0 aromatic heterocycles. The second-order valence-electron chi connectivity index (χ2n) is 3.40. The van der Waals surface area contributed by atoms with Crippen molar-refractivity contribution in [2.45, 2.75) is 13.8 Å². The van der Waals surface area contributed by atoms with Crippen molar-refractivity contribution in [1.29, 1.82) is 0 Å². The van der Waals surface area contributed by atoms with Gasteiger partial charge < -0.3 is 14.4 Å². The Balaban J connectivity index is 3.82. The fourth-order valence-corrected chi connectivity index (χ4v) is 0.671. The van der Waals surface area contributed by atoms with Gasteiger partial charge in [0.15, 0.2) is 0 Å². The number of likely N-dealkylation sites (N-methyl/N-ethyl adjacent to an activating group) is 1. The van der Waals surface area contributed by atoms with Gasteiger partial charge in [0.2, 0.25) is 0 Å². The third kappa shape index (κ3) is 5.40. The third-order valence-corrected chi connectivity index (χ3v) is 1.45. The number of nitrogens with zero attached hydrogens (tertiary/aromatic N) is 1. The molecule has 0 radical (unpaired) electrons. The zero-order valence-corrected chi connectivity index (χ0v) is 9.07. The van der Waals surface area contributed by atoms with Gasteiger partial charge in [0, 0.05) is 7.05 Å². The van der Waals surface area contributed by atoms with Crippen LogP contribution in [-0.4, -0.2) is 44.3 Å².